The van der Waals surface area contributed by atoms with Crippen LogP contribution < -0.4 is 10.6 Å². The highest BCUT2D eigenvalue weighted by Gasteiger charge is 2.44. The molecule has 0 aliphatic carbocycles. The maximum Gasteiger partial charge on any atom is 0.132 e. The number of halogens is 2. The van der Waals surface area contributed by atoms with Crippen LogP contribution in [0, 0.1) is 11.6 Å². The van der Waals surface area contributed by atoms with Gasteiger partial charge in [0.25, 0.3) is 0 Å². The Hall–Kier alpha value is -2.44. The van der Waals surface area contributed by atoms with Crippen molar-refractivity contribution >= 4 is 26.8 Å². The lowest BCUT2D eigenvalue weighted by Gasteiger charge is -2.42. The molecule has 1 aliphatic rings. The fourth-order valence-corrected chi connectivity index (χ4v) is 12.8. The van der Waals surface area contributed by atoms with Crippen LogP contribution in [0.25, 0.3) is 0 Å². The number of hydrogen-bond donors (Lipinski definition) is 0. The van der Waals surface area contributed by atoms with Gasteiger partial charge in [0, 0.05) is 36.5 Å². The van der Waals surface area contributed by atoms with Gasteiger partial charge in [-0.1, -0.05) is 98.3 Å². The van der Waals surface area contributed by atoms with E-state index in [1.165, 1.54) is 23.3 Å². The SMILES string of the molecule is CCCCN(P(c1ccccc1F)c1ccccc1F)P1[C@@H](c2ccccc2)CC[C@@H]1c1ccccc1. The molecule has 0 aromatic heterocycles. The van der Waals surface area contributed by atoms with Crippen molar-refractivity contribution in [2.75, 3.05) is 6.54 Å². The second-order valence-electron chi connectivity index (χ2n) is 9.47. The zero-order chi connectivity index (χ0) is 25.6. The molecular formula is C32H33F2NP2. The van der Waals surface area contributed by atoms with Crippen molar-refractivity contribution in [2.24, 2.45) is 0 Å². The van der Waals surface area contributed by atoms with E-state index in [2.05, 4.69) is 72.0 Å². The number of hydrogen-bond acceptors (Lipinski definition) is 1. The molecule has 37 heavy (non-hydrogen) atoms. The van der Waals surface area contributed by atoms with Gasteiger partial charge in [0.1, 0.15) is 11.6 Å². The van der Waals surface area contributed by atoms with Crippen LogP contribution in [0.2, 0.25) is 0 Å². The average molecular weight is 532 g/mol. The van der Waals surface area contributed by atoms with E-state index in [9.17, 15) is 0 Å². The van der Waals surface area contributed by atoms with Gasteiger partial charge in [0.2, 0.25) is 0 Å². The third kappa shape index (κ3) is 5.70. The first-order valence-corrected chi connectivity index (χ1v) is 15.9. The Bertz CT molecular complexity index is 1190. The van der Waals surface area contributed by atoms with Crippen molar-refractivity contribution in [3.05, 3.63) is 132 Å². The molecule has 0 saturated carbocycles. The molecule has 1 aliphatic heterocycles. The molecule has 0 N–H and O–H groups in total. The van der Waals surface area contributed by atoms with Crippen molar-refractivity contribution in [1.29, 1.82) is 0 Å². The molecule has 190 valence electrons. The minimum absolute atomic E-state index is 0.250. The van der Waals surface area contributed by atoms with Crippen molar-refractivity contribution in [3.8, 4) is 0 Å². The van der Waals surface area contributed by atoms with Crippen LogP contribution in [-0.4, -0.2) is 11.0 Å². The third-order valence-corrected chi connectivity index (χ3v) is 13.7. The Labute approximate surface area is 222 Å². The highest BCUT2D eigenvalue weighted by molar-refractivity contribution is 7.79. The standard InChI is InChI=1S/C32H33F2NP2/c1-2-3-24-35(37(31-20-12-10-18-27(31)33)32-21-13-11-19-28(32)34)36-29(25-14-6-4-7-15-25)22-23-30(36)26-16-8-5-9-17-26/h4-21,29-30H,2-3,22-24H2,1H3/t29-,30-/m1/s1. The van der Waals surface area contributed by atoms with Crippen molar-refractivity contribution in [1.82, 2.24) is 4.44 Å². The molecule has 0 unspecified atom stereocenters. The second kappa shape index (κ2) is 12.4. The summed E-state index contributed by atoms with van der Waals surface area (Å²) < 4.78 is 33.6. The summed E-state index contributed by atoms with van der Waals surface area (Å²) in [6.45, 7) is 3.02. The zero-order valence-electron chi connectivity index (χ0n) is 21.2. The molecule has 0 bridgehead atoms. The van der Waals surface area contributed by atoms with Gasteiger partial charge in [-0.25, -0.2) is 8.78 Å². The van der Waals surface area contributed by atoms with Gasteiger partial charge in [-0.3, -0.25) is 4.44 Å². The summed E-state index contributed by atoms with van der Waals surface area (Å²) in [6.07, 6.45) is 4.18. The Morgan fingerprint density at radius 2 is 1.11 bits per heavy atom. The predicted molar refractivity (Wildman–Crippen MR) is 155 cm³/mol. The summed E-state index contributed by atoms with van der Waals surface area (Å²) in [7, 11) is -2.18. The lowest BCUT2D eigenvalue weighted by Crippen LogP contribution is -2.30. The molecule has 1 fully saturated rings. The summed E-state index contributed by atoms with van der Waals surface area (Å²) in [6, 6.07) is 35.5. The first-order valence-electron chi connectivity index (χ1n) is 13.1. The number of nitrogens with zero attached hydrogens (tertiary/aromatic N) is 1. The molecule has 5 rings (SSSR count). The van der Waals surface area contributed by atoms with Crippen LogP contribution in [0.1, 0.15) is 55.1 Å². The first kappa shape index (κ1) is 26.2. The van der Waals surface area contributed by atoms with E-state index in [0.717, 1.165) is 32.2 Å². The van der Waals surface area contributed by atoms with Crippen molar-refractivity contribution in [2.45, 2.75) is 43.9 Å². The molecule has 2 atom stereocenters. The summed E-state index contributed by atoms with van der Waals surface area (Å²) in [5.41, 5.74) is 3.37. The third-order valence-electron chi connectivity index (χ3n) is 7.09. The van der Waals surface area contributed by atoms with Gasteiger partial charge < -0.3 is 0 Å². The molecular weight excluding hydrogens is 498 g/mol. The molecule has 0 spiro atoms. The Morgan fingerprint density at radius 3 is 1.54 bits per heavy atom. The quantitative estimate of drug-likeness (QED) is 0.195. The largest absolute Gasteiger partial charge is 0.251 e. The van der Waals surface area contributed by atoms with Crippen LogP contribution in [0.5, 0.6) is 0 Å². The van der Waals surface area contributed by atoms with Gasteiger partial charge in [-0.2, -0.15) is 0 Å². The molecule has 1 saturated heterocycles. The van der Waals surface area contributed by atoms with Gasteiger partial charge in [-0.05, 0) is 62.7 Å². The van der Waals surface area contributed by atoms with Gasteiger partial charge in [-0.15, -0.1) is 0 Å². The molecule has 5 heteroatoms. The minimum atomic E-state index is -1.40. The molecule has 0 radical (unpaired) electrons. The molecule has 4 aromatic carbocycles. The fourth-order valence-electron chi connectivity index (χ4n) is 5.35. The summed E-state index contributed by atoms with van der Waals surface area (Å²) in [4.78, 5) is 0. The monoisotopic (exact) mass is 531 g/mol. The van der Waals surface area contributed by atoms with E-state index in [0.29, 0.717) is 21.9 Å². The fraction of sp³-hybridized carbons (Fsp3) is 0.250. The van der Waals surface area contributed by atoms with Crippen LogP contribution in [0.3, 0.4) is 0 Å². The van der Waals surface area contributed by atoms with E-state index < -0.39 is 16.1 Å². The van der Waals surface area contributed by atoms with Crippen LogP contribution in [0.15, 0.2) is 109 Å². The maximum absolute atomic E-state index is 15.5. The molecule has 4 aromatic rings. The van der Waals surface area contributed by atoms with Crippen LogP contribution in [-0.2, 0) is 0 Å². The normalized spacial score (nSPS) is 18.1. The van der Waals surface area contributed by atoms with Crippen molar-refractivity contribution in [3.63, 3.8) is 0 Å². The Balaban J connectivity index is 1.70. The van der Waals surface area contributed by atoms with Crippen LogP contribution >= 0.6 is 16.1 Å². The highest BCUT2D eigenvalue weighted by Crippen LogP contribution is 2.76. The lowest BCUT2D eigenvalue weighted by molar-refractivity contribution is 0.617. The van der Waals surface area contributed by atoms with E-state index in [-0.39, 0.29) is 11.6 Å². The average Bonchev–Trinajstić information content (AvgIpc) is 3.38. The number of benzene rings is 4. The van der Waals surface area contributed by atoms with E-state index >= 15 is 8.78 Å². The van der Waals surface area contributed by atoms with Crippen LogP contribution in [0.4, 0.5) is 8.78 Å². The summed E-state index contributed by atoms with van der Waals surface area (Å²) in [5, 5.41) is 1.23. The zero-order valence-corrected chi connectivity index (χ0v) is 23.0. The van der Waals surface area contributed by atoms with Gasteiger partial charge >= 0.3 is 0 Å². The molecule has 1 nitrogen and oxygen atoms in total. The Morgan fingerprint density at radius 1 is 0.676 bits per heavy atom. The minimum Gasteiger partial charge on any atom is -0.251 e. The lowest BCUT2D eigenvalue weighted by atomic mass is 10.0. The smallest absolute Gasteiger partial charge is 0.132 e. The topological polar surface area (TPSA) is 3.24 Å². The van der Waals surface area contributed by atoms with Crippen molar-refractivity contribution < 1.29 is 8.78 Å². The highest BCUT2D eigenvalue weighted by atomic mass is 31.2. The Kier molecular flexibility index (Phi) is 8.78. The molecule has 0 amide bonds. The molecule has 1 heterocycles. The summed E-state index contributed by atoms with van der Waals surface area (Å²) >= 11 is 0. The van der Waals surface area contributed by atoms with Gasteiger partial charge in [0.15, 0.2) is 0 Å². The first-order chi connectivity index (χ1) is 18.2. The van der Waals surface area contributed by atoms with Gasteiger partial charge in [0.05, 0.1) is 0 Å². The van der Waals surface area contributed by atoms with E-state index in [1.807, 2.05) is 24.3 Å². The predicted octanol–water partition coefficient (Wildman–Crippen LogP) is 9.09. The second-order valence-corrected chi connectivity index (χ2v) is 14.3. The summed E-state index contributed by atoms with van der Waals surface area (Å²) in [5.74, 6) is -0.500. The van der Waals surface area contributed by atoms with E-state index in [1.54, 1.807) is 12.1 Å². The van der Waals surface area contributed by atoms with E-state index in [4.69, 9.17) is 0 Å². The number of rotatable bonds is 9. The maximum atomic E-state index is 15.5. The number of unbranched alkanes of at least 4 members (excludes halogenated alkanes) is 1.